The summed E-state index contributed by atoms with van der Waals surface area (Å²) in [6.07, 6.45) is 0.293. The Morgan fingerprint density at radius 3 is 2.52 bits per heavy atom. The van der Waals surface area contributed by atoms with Crippen LogP contribution in [0.1, 0.15) is 20.3 Å². The average molecular weight is 382 g/mol. The third-order valence-corrected chi connectivity index (χ3v) is 3.48. The first-order valence-electron chi connectivity index (χ1n) is 6.15. The number of urea groups is 1. The highest BCUT2D eigenvalue weighted by atomic mass is 79.9. The maximum absolute atomic E-state index is 13.1. The van der Waals surface area contributed by atoms with Crippen LogP contribution < -0.4 is 10.6 Å². The van der Waals surface area contributed by atoms with Gasteiger partial charge >= 0.3 is 12.0 Å². The Balaban J connectivity index is 2.79. The summed E-state index contributed by atoms with van der Waals surface area (Å²) >= 11 is 8.91. The maximum Gasteiger partial charge on any atom is 0.326 e. The normalized spacial score (nSPS) is 12.1. The molecule has 8 heteroatoms. The van der Waals surface area contributed by atoms with Crippen molar-refractivity contribution in [2.45, 2.75) is 26.3 Å². The monoisotopic (exact) mass is 380 g/mol. The molecule has 5 nitrogen and oxygen atoms in total. The number of hydrogen-bond donors (Lipinski definition) is 3. The van der Waals surface area contributed by atoms with Crippen molar-refractivity contribution in [1.29, 1.82) is 0 Å². The molecular formula is C13H15BrClFN2O3. The fraction of sp³-hybridized carbons (Fsp3) is 0.385. The highest BCUT2D eigenvalue weighted by Crippen LogP contribution is 2.31. The van der Waals surface area contributed by atoms with E-state index in [2.05, 4.69) is 26.6 Å². The minimum atomic E-state index is -1.12. The van der Waals surface area contributed by atoms with Gasteiger partial charge in [-0.05, 0) is 40.4 Å². The molecule has 0 aliphatic carbocycles. The fourth-order valence-electron chi connectivity index (χ4n) is 1.66. The molecule has 21 heavy (non-hydrogen) atoms. The van der Waals surface area contributed by atoms with Crippen molar-refractivity contribution in [2.24, 2.45) is 5.92 Å². The molecule has 1 aromatic carbocycles. The molecule has 0 aliphatic rings. The third kappa shape index (κ3) is 5.51. The Kier molecular flexibility index (Phi) is 6.42. The lowest BCUT2D eigenvalue weighted by Gasteiger charge is -2.17. The van der Waals surface area contributed by atoms with Gasteiger partial charge in [-0.3, -0.25) is 0 Å². The second-order valence-corrected chi connectivity index (χ2v) is 6.12. The minimum absolute atomic E-state index is 0.00718. The van der Waals surface area contributed by atoms with Crippen LogP contribution in [0.15, 0.2) is 16.6 Å². The standard InChI is InChI=1S/C13H15BrClFN2O3/c1-6(2)3-10(12(19)20)17-13(21)18-11-8(14)4-7(16)5-9(11)15/h4-6,10H,3H2,1-2H3,(H,19,20)(H2,17,18,21). The smallest absolute Gasteiger partial charge is 0.326 e. The average Bonchev–Trinajstić information content (AvgIpc) is 2.32. The van der Waals surface area contributed by atoms with E-state index in [1.165, 1.54) is 0 Å². The Morgan fingerprint density at radius 2 is 2.05 bits per heavy atom. The molecule has 0 aromatic heterocycles. The van der Waals surface area contributed by atoms with E-state index in [0.29, 0.717) is 6.42 Å². The van der Waals surface area contributed by atoms with Gasteiger partial charge in [-0.15, -0.1) is 0 Å². The lowest BCUT2D eigenvalue weighted by molar-refractivity contribution is -0.139. The van der Waals surface area contributed by atoms with Gasteiger partial charge < -0.3 is 15.7 Å². The molecule has 1 atom stereocenters. The Labute approximate surface area is 135 Å². The topological polar surface area (TPSA) is 78.4 Å². The molecule has 0 saturated carbocycles. The largest absolute Gasteiger partial charge is 0.480 e. The summed E-state index contributed by atoms with van der Waals surface area (Å²) in [5.41, 5.74) is 0.171. The number of nitrogens with one attached hydrogen (secondary N) is 2. The molecule has 2 amide bonds. The molecule has 116 valence electrons. The van der Waals surface area contributed by atoms with Gasteiger partial charge in [0, 0.05) is 4.47 Å². The Morgan fingerprint density at radius 1 is 1.43 bits per heavy atom. The van der Waals surface area contributed by atoms with Gasteiger partial charge in [0.2, 0.25) is 0 Å². The zero-order valence-corrected chi connectivity index (χ0v) is 13.8. The van der Waals surface area contributed by atoms with E-state index < -0.39 is 23.9 Å². The van der Waals surface area contributed by atoms with E-state index in [1.54, 1.807) is 0 Å². The number of amides is 2. The van der Waals surface area contributed by atoms with Crippen LogP contribution in [0, 0.1) is 11.7 Å². The highest BCUT2D eigenvalue weighted by Gasteiger charge is 2.22. The fourth-order valence-corrected chi connectivity index (χ4v) is 2.56. The first-order valence-corrected chi connectivity index (χ1v) is 7.32. The van der Waals surface area contributed by atoms with Gasteiger partial charge in [-0.25, -0.2) is 14.0 Å². The van der Waals surface area contributed by atoms with Crippen LogP contribution >= 0.6 is 27.5 Å². The molecule has 0 spiro atoms. The van der Waals surface area contributed by atoms with Crippen LogP contribution in [0.3, 0.4) is 0 Å². The second-order valence-electron chi connectivity index (χ2n) is 4.86. The number of carboxylic acid groups (broad SMARTS) is 1. The summed E-state index contributed by atoms with van der Waals surface area (Å²) in [4.78, 5) is 22.9. The van der Waals surface area contributed by atoms with Gasteiger partial charge in [0.25, 0.3) is 0 Å². The SMILES string of the molecule is CC(C)CC(NC(=O)Nc1c(Cl)cc(F)cc1Br)C(=O)O. The number of aliphatic carboxylic acids is 1. The van der Waals surface area contributed by atoms with Gasteiger partial charge in [0.05, 0.1) is 10.7 Å². The summed E-state index contributed by atoms with van der Waals surface area (Å²) in [6, 6.07) is 0.454. The molecule has 0 fully saturated rings. The number of anilines is 1. The lowest BCUT2D eigenvalue weighted by Crippen LogP contribution is -2.43. The van der Waals surface area contributed by atoms with Gasteiger partial charge in [0.15, 0.2) is 0 Å². The molecule has 1 rings (SSSR count). The van der Waals surface area contributed by atoms with E-state index in [0.717, 1.165) is 12.1 Å². The molecule has 1 unspecified atom stereocenters. The van der Waals surface area contributed by atoms with Crippen molar-refractivity contribution in [1.82, 2.24) is 5.32 Å². The molecule has 0 saturated heterocycles. The van der Waals surface area contributed by atoms with E-state index in [-0.39, 0.29) is 21.1 Å². The number of hydrogen-bond acceptors (Lipinski definition) is 2. The summed E-state index contributed by atoms with van der Waals surface area (Å²) in [5.74, 6) is -1.57. The Bertz CT molecular complexity index is 531. The van der Waals surface area contributed by atoms with Crippen molar-refractivity contribution in [3.05, 3.63) is 27.4 Å². The quantitative estimate of drug-likeness (QED) is 0.724. The van der Waals surface area contributed by atoms with E-state index >= 15 is 0 Å². The van der Waals surface area contributed by atoms with Crippen LogP contribution in [0.25, 0.3) is 0 Å². The predicted molar refractivity (Wildman–Crippen MR) is 82.1 cm³/mol. The number of carbonyl (C=O) groups excluding carboxylic acids is 1. The van der Waals surface area contributed by atoms with Crippen LogP contribution in [0.5, 0.6) is 0 Å². The number of rotatable bonds is 5. The molecule has 0 radical (unpaired) electrons. The van der Waals surface area contributed by atoms with Crippen molar-refractivity contribution < 1.29 is 19.1 Å². The molecule has 0 bridgehead atoms. The first kappa shape index (κ1) is 17.7. The van der Waals surface area contributed by atoms with Gasteiger partial charge in [0.1, 0.15) is 11.9 Å². The van der Waals surface area contributed by atoms with Crippen LogP contribution in [-0.4, -0.2) is 23.1 Å². The minimum Gasteiger partial charge on any atom is -0.480 e. The number of carbonyl (C=O) groups is 2. The zero-order chi connectivity index (χ0) is 16.2. The van der Waals surface area contributed by atoms with E-state index in [9.17, 15) is 14.0 Å². The highest BCUT2D eigenvalue weighted by molar-refractivity contribution is 9.10. The molecule has 3 N–H and O–H groups in total. The predicted octanol–water partition coefficient (Wildman–Crippen LogP) is 3.86. The molecule has 0 aliphatic heterocycles. The summed E-state index contributed by atoms with van der Waals surface area (Å²) < 4.78 is 13.3. The second kappa shape index (κ2) is 7.61. The third-order valence-electron chi connectivity index (χ3n) is 2.56. The van der Waals surface area contributed by atoms with Crippen molar-refractivity contribution in [3.63, 3.8) is 0 Å². The zero-order valence-electron chi connectivity index (χ0n) is 11.4. The number of benzene rings is 1. The maximum atomic E-state index is 13.1. The van der Waals surface area contributed by atoms with E-state index in [1.807, 2.05) is 13.8 Å². The van der Waals surface area contributed by atoms with E-state index in [4.69, 9.17) is 16.7 Å². The molecule has 0 heterocycles. The molecular weight excluding hydrogens is 367 g/mol. The van der Waals surface area contributed by atoms with Crippen LogP contribution in [0.2, 0.25) is 5.02 Å². The number of carboxylic acids is 1. The van der Waals surface area contributed by atoms with Crippen molar-refractivity contribution in [3.8, 4) is 0 Å². The van der Waals surface area contributed by atoms with Crippen molar-refractivity contribution in [2.75, 3.05) is 5.32 Å². The van der Waals surface area contributed by atoms with Gasteiger partial charge in [-0.1, -0.05) is 25.4 Å². The molecule has 1 aromatic rings. The lowest BCUT2D eigenvalue weighted by atomic mass is 10.0. The summed E-state index contributed by atoms with van der Waals surface area (Å²) in [5, 5.41) is 13.8. The summed E-state index contributed by atoms with van der Waals surface area (Å²) in [6.45, 7) is 3.70. The van der Waals surface area contributed by atoms with Gasteiger partial charge in [-0.2, -0.15) is 0 Å². The summed E-state index contributed by atoms with van der Waals surface area (Å²) in [7, 11) is 0. The van der Waals surface area contributed by atoms with Crippen LogP contribution in [-0.2, 0) is 4.79 Å². The number of halogens is 3. The first-order chi connectivity index (χ1) is 9.70. The van der Waals surface area contributed by atoms with Crippen molar-refractivity contribution >= 4 is 45.2 Å². The Hall–Kier alpha value is -1.34. The van der Waals surface area contributed by atoms with Crippen LogP contribution in [0.4, 0.5) is 14.9 Å².